The van der Waals surface area contributed by atoms with Crippen molar-refractivity contribution in [1.82, 2.24) is 15.0 Å². The van der Waals surface area contributed by atoms with Crippen LogP contribution in [0.4, 0.5) is 0 Å². The van der Waals surface area contributed by atoms with E-state index >= 15 is 0 Å². The summed E-state index contributed by atoms with van der Waals surface area (Å²) in [5.41, 5.74) is 4.16. The Hall–Kier alpha value is -2.69. The molecule has 2 aliphatic rings. The highest BCUT2D eigenvalue weighted by molar-refractivity contribution is 5.96. The fraction of sp³-hybridized carbons (Fsp3) is 0.381. The molecule has 2 aromatic rings. The first-order chi connectivity index (χ1) is 12.6. The second-order valence-corrected chi connectivity index (χ2v) is 7.24. The molecule has 1 aliphatic carbocycles. The number of carbonyl (C=O) groups is 2. The zero-order valence-corrected chi connectivity index (χ0v) is 15.0. The Morgan fingerprint density at radius 1 is 1.08 bits per heavy atom. The molecular formula is C21H23N3O2. The number of hydrazine groups is 1. The molecule has 2 amide bonds. The molecule has 2 heterocycles. The molecule has 1 fully saturated rings. The van der Waals surface area contributed by atoms with Crippen molar-refractivity contribution in [2.45, 2.75) is 32.6 Å². The van der Waals surface area contributed by atoms with Crippen molar-refractivity contribution in [3.63, 3.8) is 0 Å². The van der Waals surface area contributed by atoms with E-state index in [4.69, 9.17) is 0 Å². The molecule has 0 spiro atoms. The van der Waals surface area contributed by atoms with Gasteiger partial charge in [-0.25, -0.2) is 5.01 Å². The van der Waals surface area contributed by atoms with Crippen LogP contribution in [-0.4, -0.2) is 39.9 Å². The topological polar surface area (TPSA) is 53.5 Å². The third-order valence-corrected chi connectivity index (χ3v) is 5.42. The second kappa shape index (κ2) is 6.90. The zero-order chi connectivity index (χ0) is 18.1. The molecule has 1 aromatic heterocycles. The summed E-state index contributed by atoms with van der Waals surface area (Å²) in [6, 6.07) is 10.2. The lowest BCUT2D eigenvalue weighted by atomic mass is 10.0. The molecular weight excluding hydrogens is 326 g/mol. The van der Waals surface area contributed by atoms with Crippen molar-refractivity contribution in [3.8, 4) is 0 Å². The summed E-state index contributed by atoms with van der Waals surface area (Å²) in [4.78, 5) is 29.9. The summed E-state index contributed by atoms with van der Waals surface area (Å²) in [6.07, 6.45) is 6.48. The molecule has 26 heavy (non-hydrogen) atoms. The van der Waals surface area contributed by atoms with Crippen molar-refractivity contribution in [2.24, 2.45) is 5.92 Å². The molecule has 1 aromatic carbocycles. The summed E-state index contributed by atoms with van der Waals surface area (Å²) in [5, 5.41) is 3.26. The van der Waals surface area contributed by atoms with Gasteiger partial charge in [-0.15, -0.1) is 0 Å². The van der Waals surface area contributed by atoms with E-state index in [9.17, 15) is 9.59 Å². The molecule has 5 nitrogen and oxygen atoms in total. The fourth-order valence-corrected chi connectivity index (χ4v) is 4.06. The number of aromatic nitrogens is 1. The lowest BCUT2D eigenvalue weighted by molar-refractivity contribution is -0.141. The van der Waals surface area contributed by atoms with Crippen LogP contribution in [-0.2, 0) is 17.6 Å². The number of benzene rings is 1. The largest absolute Gasteiger partial charge is 0.274 e. The average Bonchev–Trinajstić information content (AvgIpc) is 3.28. The number of carbonyl (C=O) groups excluding carboxylic acids is 2. The first-order valence-corrected chi connectivity index (χ1v) is 9.23. The third-order valence-electron chi connectivity index (χ3n) is 5.42. The van der Waals surface area contributed by atoms with Crippen molar-refractivity contribution >= 4 is 11.8 Å². The monoisotopic (exact) mass is 349 g/mol. The van der Waals surface area contributed by atoms with E-state index in [2.05, 4.69) is 29.2 Å². The SMILES string of the molecule is Cc1ccncc1C(=O)N1CCCN1C(=O)CC1Cc2ccccc2C1. The minimum absolute atomic E-state index is 0.0511. The molecule has 4 rings (SSSR count). The summed E-state index contributed by atoms with van der Waals surface area (Å²) in [6.45, 7) is 3.10. The van der Waals surface area contributed by atoms with E-state index in [-0.39, 0.29) is 11.8 Å². The molecule has 0 saturated carbocycles. The van der Waals surface area contributed by atoms with Gasteiger partial charge in [-0.05, 0) is 54.9 Å². The average molecular weight is 349 g/mol. The van der Waals surface area contributed by atoms with E-state index in [1.807, 2.05) is 13.0 Å². The highest BCUT2D eigenvalue weighted by Crippen LogP contribution is 2.30. The summed E-state index contributed by atoms with van der Waals surface area (Å²) in [5.74, 6) is 0.254. The Bertz CT molecular complexity index is 824. The van der Waals surface area contributed by atoms with Gasteiger partial charge >= 0.3 is 0 Å². The Morgan fingerprint density at radius 3 is 2.46 bits per heavy atom. The molecule has 0 radical (unpaired) electrons. The Morgan fingerprint density at radius 2 is 1.77 bits per heavy atom. The van der Waals surface area contributed by atoms with Gasteiger partial charge in [0.15, 0.2) is 0 Å². The van der Waals surface area contributed by atoms with Gasteiger partial charge in [0.1, 0.15) is 0 Å². The molecule has 5 heteroatoms. The summed E-state index contributed by atoms with van der Waals surface area (Å²) in [7, 11) is 0. The Balaban J connectivity index is 1.44. The maximum atomic E-state index is 12.9. The molecule has 0 atom stereocenters. The lowest BCUT2D eigenvalue weighted by Crippen LogP contribution is -2.45. The van der Waals surface area contributed by atoms with E-state index in [1.54, 1.807) is 22.4 Å². The van der Waals surface area contributed by atoms with Crippen LogP contribution in [0.1, 0.15) is 39.9 Å². The van der Waals surface area contributed by atoms with Gasteiger partial charge in [-0.3, -0.25) is 19.6 Å². The minimum atomic E-state index is -0.129. The van der Waals surface area contributed by atoms with Crippen LogP contribution in [0.2, 0.25) is 0 Å². The summed E-state index contributed by atoms with van der Waals surface area (Å²) >= 11 is 0. The quantitative estimate of drug-likeness (QED) is 0.856. The number of hydrogen-bond donors (Lipinski definition) is 0. The Kier molecular flexibility index (Phi) is 4.45. The predicted molar refractivity (Wildman–Crippen MR) is 98.3 cm³/mol. The van der Waals surface area contributed by atoms with E-state index in [1.165, 1.54) is 11.1 Å². The van der Waals surface area contributed by atoms with Gasteiger partial charge in [0, 0.05) is 31.9 Å². The minimum Gasteiger partial charge on any atom is -0.273 e. The number of nitrogens with zero attached hydrogens (tertiary/aromatic N) is 3. The number of aryl methyl sites for hydroxylation is 1. The van der Waals surface area contributed by atoms with E-state index in [0.717, 1.165) is 24.8 Å². The Labute approximate surface area is 153 Å². The molecule has 1 aliphatic heterocycles. The molecule has 0 N–H and O–H groups in total. The first-order valence-electron chi connectivity index (χ1n) is 9.23. The van der Waals surface area contributed by atoms with Crippen LogP contribution in [0.5, 0.6) is 0 Å². The maximum Gasteiger partial charge on any atom is 0.274 e. The van der Waals surface area contributed by atoms with Gasteiger partial charge in [-0.1, -0.05) is 24.3 Å². The normalized spacial score (nSPS) is 16.8. The van der Waals surface area contributed by atoms with Crippen LogP contribution in [0.3, 0.4) is 0 Å². The zero-order valence-electron chi connectivity index (χ0n) is 15.0. The van der Waals surface area contributed by atoms with Crippen LogP contribution in [0.25, 0.3) is 0 Å². The van der Waals surface area contributed by atoms with Crippen molar-refractivity contribution in [3.05, 3.63) is 65.0 Å². The number of amides is 2. The van der Waals surface area contributed by atoms with Crippen molar-refractivity contribution < 1.29 is 9.59 Å². The van der Waals surface area contributed by atoms with Gasteiger partial charge in [0.2, 0.25) is 5.91 Å². The standard InChI is InChI=1S/C21H23N3O2/c1-15-7-8-22-14-19(15)21(26)24-10-4-9-23(24)20(25)13-16-11-17-5-2-3-6-18(17)12-16/h2-3,5-8,14,16H,4,9-13H2,1H3. The van der Waals surface area contributed by atoms with Gasteiger partial charge in [0.25, 0.3) is 5.91 Å². The van der Waals surface area contributed by atoms with Crippen molar-refractivity contribution in [2.75, 3.05) is 13.1 Å². The predicted octanol–water partition coefficient (Wildman–Crippen LogP) is 2.78. The van der Waals surface area contributed by atoms with Gasteiger partial charge in [0.05, 0.1) is 5.56 Å². The molecule has 0 bridgehead atoms. The van der Waals surface area contributed by atoms with E-state index < -0.39 is 0 Å². The second-order valence-electron chi connectivity index (χ2n) is 7.24. The first kappa shape index (κ1) is 16.8. The molecule has 1 saturated heterocycles. The fourth-order valence-electron chi connectivity index (χ4n) is 4.06. The third kappa shape index (κ3) is 3.09. The van der Waals surface area contributed by atoms with Crippen LogP contribution in [0, 0.1) is 12.8 Å². The molecule has 134 valence electrons. The molecule has 0 unspecified atom stereocenters. The van der Waals surface area contributed by atoms with E-state index in [0.29, 0.717) is 31.0 Å². The highest BCUT2D eigenvalue weighted by atomic mass is 16.2. The maximum absolute atomic E-state index is 12.9. The number of rotatable bonds is 3. The van der Waals surface area contributed by atoms with Gasteiger partial charge in [-0.2, -0.15) is 0 Å². The lowest BCUT2D eigenvalue weighted by Gasteiger charge is -2.29. The number of pyridine rings is 1. The van der Waals surface area contributed by atoms with Crippen LogP contribution >= 0.6 is 0 Å². The smallest absolute Gasteiger partial charge is 0.273 e. The van der Waals surface area contributed by atoms with Gasteiger partial charge < -0.3 is 0 Å². The number of hydrogen-bond acceptors (Lipinski definition) is 3. The highest BCUT2D eigenvalue weighted by Gasteiger charge is 2.34. The van der Waals surface area contributed by atoms with Crippen molar-refractivity contribution in [1.29, 1.82) is 0 Å². The van der Waals surface area contributed by atoms with Crippen LogP contribution < -0.4 is 0 Å². The number of fused-ring (bicyclic) bond motifs is 1. The summed E-state index contributed by atoms with van der Waals surface area (Å²) < 4.78 is 0. The van der Waals surface area contributed by atoms with Crippen LogP contribution in [0.15, 0.2) is 42.7 Å².